The highest BCUT2D eigenvalue weighted by atomic mass is 15.4. The summed E-state index contributed by atoms with van der Waals surface area (Å²) < 4.78 is 2.40. The molecular weight excluding hydrogens is 609 g/mol. The maximum atomic E-state index is 5.39. The second-order valence-electron chi connectivity index (χ2n) is 13.2. The van der Waals surface area contributed by atoms with E-state index in [1.165, 1.54) is 44.2 Å². The summed E-state index contributed by atoms with van der Waals surface area (Å²) in [6, 6.07) is 65.7. The highest BCUT2D eigenvalue weighted by Crippen LogP contribution is 2.57. The molecule has 0 fully saturated rings. The molecule has 2 aliphatic rings. The molecule has 0 saturated heterocycles. The van der Waals surface area contributed by atoms with Gasteiger partial charge in [0.15, 0.2) is 6.29 Å². The molecule has 1 aliphatic carbocycles. The van der Waals surface area contributed by atoms with Gasteiger partial charge in [-0.3, -0.25) is 5.32 Å². The minimum Gasteiger partial charge on any atom is -0.350 e. The Morgan fingerprint density at radius 1 is 0.500 bits per heavy atom. The van der Waals surface area contributed by atoms with Gasteiger partial charge in [0, 0.05) is 16.3 Å². The van der Waals surface area contributed by atoms with Crippen molar-refractivity contribution < 1.29 is 0 Å². The minimum atomic E-state index is -0.462. The van der Waals surface area contributed by atoms with Gasteiger partial charge in [0.25, 0.3) is 0 Å². The van der Waals surface area contributed by atoms with E-state index in [1.54, 1.807) is 0 Å². The van der Waals surface area contributed by atoms with E-state index in [0.717, 1.165) is 28.0 Å². The third-order valence-electron chi connectivity index (χ3n) is 10.6. The molecule has 238 valence electrons. The first kappa shape index (κ1) is 28.8. The van der Waals surface area contributed by atoms with Gasteiger partial charge in [-0.2, -0.15) is 0 Å². The summed E-state index contributed by atoms with van der Waals surface area (Å²) in [5.74, 6) is 0.868. The van der Waals surface area contributed by atoms with E-state index in [4.69, 9.17) is 4.99 Å². The molecule has 0 amide bonds. The molecular formula is C46H34N4. The second-order valence-corrected chi connectivity index (χ2v) is 13.2. The smallest absolute Gasteiger partial charge is 0.184 e. The first-order chi connectivity index (χ1) is 24.8. The van der Waals surface area contributed by atoms with Crippen molar-refractivity contribution >= 4 is 27.6 Å². The van der Waals surface area contributed by atoms with Crippen LogP contribution in [0.3, 0.4) is 0 Å². The molecule has 4 nitrogen and oxygen atoms in total. The van der Waals surface area contributed by atoms with Gasteiger partial charge in [-0.15, -0.1) is 0 Å². The lowest BCUT2D eigenvalue weighted by Crippen LogP contribution is -2.46. The summed E-state index contributed by atoms with van der Waals surface area (Å²) in [5, 5.41) is 10.0. The summed E-state index contributed by atoms with van der Waals surface area (Å²) in [5.41, 5.74) is 11.7. The summed E-state index contributed by atoms with van der Waals surface area (Å²) >= 11 is 0. The van der Waals surface area contributed by atoms with Gasteiger partial charge in [-0.1, -0.05) is 164 Å². The van der Waals surface area contributed by atoms with Crippen LogP contribution in [0.5, 0.6) is 0 Å². The zero-order chi connectivity index (χ0) is 33.1. The lowest BCUT2D eigenvalue weighted by molar-refractivity contribution is 0.341. The SMILES string of the molecule is c1ccc(C2=NC(n3c4ccccc4c4cc5c(cc43)-c3ccccc3C5(c3ccccc3)c3ccccc3)NC(c3ccccc3)N2)cc1. The van der Waals surface area contributed by atoms with E-state index in [1.807, 2.05) is 6.07 Å². The molecule has 0 spiro atoms. The highest BCUT2D eigenvalue weighted by molar-refractivity contribution is 6.11. The van der Waals surface area contributed by atoms with Crippen molar-refractivity contribution in [3.63, 3.8) is 0 Å². The Bertz CT molecular complexity index is 2500. The quantitative estimate of drug-likeness (QED) is 0.196. The number of aromatic nitrogens is 1. The number of hydrogen-bond donors (Lipinski definition) is 2. The van der Waals surface area contributed by atoms with Crippen LogP contribution >= 0.6 is 0 Å². The lowest BCUT2D eigenvalue weighted by atomic mass is 9.67. The first-order valence-electron chi connectivity index (χ1n) is 17.3. The Labute approximate surface area is 291 Å². The molecule has 2 N–H and O–H groups in total. The Morgan fingerprint density at radius 2 is 1.10 bits per heavy atom. The average molecular weight is 643 g/mol. The molecule has 10 rings (SSSR count). The third-order valence-corrected chi connectivity index (χ3v) is 10.6. The standard InChI is InChI=1S/C46H34N4/c1-5-17-31(18-6-1)43-47-44(32-19-7-2-8-20-32)49-45(48-43)50-41-28-16-14-26-36(41)38-29-40-37(30-42(38)50)35-25-13-15-27-39(35)46(40,33-21-9-3-10-22-33)34-23-11-4-12-24-34/h1-30,43,45,48H,(H,47,49). The van der Waals surface area contributed by atoms with Crippen LogP contribution in [0.15, 0.2) is 187 Å². The van der Waals surface area contributed by atoms with Gasteiger partial charge in [0.1, 0.15) is 12.0 Å². The van der Waals surface area contributed by atoms with Crippen molar-refractivity contribution in [2.45, 2.75) is 17.9 Å². The van der Waals surface area contributed by atoms with Crippen LogP contribution in [-0.4, -0.2) is 10.4 Å². The van der Waals surface area contributed by atoms with E-state index >= 15 is 0 Å². The number of amidine groups is 1. The van der Waals surface area contributed by atoms with Gasteiger partial charge >= 0.3 is 0 Å². The second kappa shape index (κ2) is 11.4. The number of rotatable bonds is 5. The molecule has 4 heteroatoms. The van der Waals surface area contributed by atoms with Crippen LogP contribution < -0.4 is 10.6 Å². The van der Waals surface area contributed by atoms with Gasteiger partial charge in [-0.05, 0) is 57.1 Å². The van der Waals surface area contributed by atoms with Crippen LogP contribution in [0.1, 0.15) is 45.8 Å². The largest absolute Gasteiger partial charge is 0.350 e. The summed E-state index contributed by atoms with van der Waals surface area (Å²) in [7, 11) is 0. The van der Waals surface area contributed by atoms with E-state index < -0.39 is 5.41 Å². The van der Waals surface area contributed by atoms with E-state index in [0.29, 0.717) is 0 Å². The molecule has 2 heterocycles. The molecule has 2 unspecified atom stereocenters. The predicted molar refractivity (Wildman–Crippen MR) is 204 cm³/mol. The summed E-state index contributed by atoms with van der Waals surface area (Å²) in [6.07, 6.45) is -0.495. The Balaban J connectivity index is 1.27. The van der Waals surface area contributed by atoms with Crippen molar-refractivity contribution in [1.82, 2.24) is 15.2 Å². The van der Waals surface area contributed by atoms with Crippen molar-refractivity contribution in [1.29, 1.82) is 0 Å². The van der Waals surface area contributed by atoms with E-state index in [9.17, 15) is 0 Å². The van der Waals surface area contributed by atoms with Crippen LogP contribution in [-0.2, 0) is 5.41 Å². The molecule has 0 radical (unpaired) electrons. The minimum absolute atomic E-state index is 0.135. The van der Waals surface area contributed by atoms with E-state index in [-0.39, 0.29) is 12.5 Å². The van der Waals surface area contributed by atoms with Gasteiger partial charge < -0.3 is 9.88 Å². The fraction of sp³-hybridized carbons (Fsp3) is 0.0652. The number of hydrogen-bond acceptors (Lipinski definition) is 3. The number of benzene rings is 7. The monoisotopic (exact) mass is 642 g/mol. The number of para-hydroxylation sites is 1. The molecule has 7 aromatic carbocycles. The zero-order valence-electron chi connectivity index (χ0n) is 27.4. The fourth-order valence-electron chi connectivity index (χ4n) is 8.43. The third kappa shape index (κ3) is 4.25. The van der Waals surface area contributed by atoms with Gasteiger partial charge in [0.2, 0.25) is 0 Å². The van der Waals surface area contributed by atoms with Crippen LogP contribution in [0.2, 0.25) is 0 Å². The molecule has 8 aromatic rings. The number of nitrogens with zero attached hydrogens (tertiary/aromatic N) is 2. The number of aliphatic imine (C=N–C) groups is 1. The normalized spacial score (nSPS) is 17.6. The first-order valence-corrected chi connectivity index (χ1v) is 17.3. The van der Waals surface area contributed by atoms with Crippen molar-refractivity contribution in [3.8, 4) is 11.1 Å². The summed E-state index contributed by atoms with van der Waals surface area (Å²) in [4.78, 5) is 5.39. The molecule has 1 aliphatic heterocycles. The van der Waals surface area contributed by atoms with Crippen LogP contribution in [0, 0.1) is 0 Å². The Kier molecular flexibility index (Phi) is 6.58. The van der Waals surface area contributed by atoms with Crippen LogP contribution in [0.25, 0.3) is 32.9 Å². The van der Waals surface area contributed by atoms with Crippen molar-refractivity contribution in [2.75, 3.05) is 0 Å². The van der Waals surface area contributed by atoms with Gasteiger partial charge in [0.05, 0.1) is 16.4 Å². The number of fused-ring (bicyclic) bond motifs is 6. The highest BCUT2D eigenvalue weighted by Gasteiger charge is 2.46. The maximum absolute atomic E-state index is 5.39. The summed E-state index contributed by atoms with van der Waals surface area (Å²) in [6.45, 7) is 0. The predicted octanol–water partition coefficient (Wildman–Crippen LogP) is 9.95. The Hall–Kier alpha value is -6.23. The van der Waals surface area contributed by atoms with Crippen molar-refractivity contribution in [3.05, 3.63) is 215 Å². The molecule has 1 aromatic heterocycles. The lowest BCUT2D eigenvalue weighted by Gasteiger charge is -2.34. The molecule has 0 saturated carbocycles. The topological polar surface area (TPSA) is 41.4 Å². The van der Waals surface area contributed by atoms with Crippen molar-refractivity contribution in [2.24, 2.45) is 4.99 Å². The molecule has 0 bridgehead atoms. The molecule has 2 atom stereocenters. The fourth-order valence-corrected chi connectivity index (χ4v) is 8.43. The van der Waals surface area contributed by atoms with Gasteiger partial charge in [-0.25, -0.2) is 4.99 Å². The zero-order valence-corrected chi connectivity index (χ0v) is 27.4. The Morgan fingerprint density at radius 3 is 1.82 bits per heavy atom. The number of nitrogens with one attached hydrogen (secondary N) is 2. The van der Waals surface area contributed by atoms with E-state index in [2.05, 4.69) is 191 Å². The average Bonchev–Trinajstić information content (AvgIpc) is 3.68. The maximum Gasteiger partial charge on any atom is 0.184 e. The van der Waals surface area contributed by atoms with Crippen LogP contribution in [0.4, 0.5) is 0 Å². The molecule has 50 heavy (non-hydrogen) atoms.